The van der Waals surface area contributed by atoms with E-state index in [2.05, 4.69) is 15.9 Å². The number of hydrogen-bond acceptors (Lipinski definition) is 5. The van der Waals surface area contributed by atoms with Crippen LogP contribution in [0.1, 0.15) is 12.8 Å². The molecule has 25 heavy (non-hydrogen) atoms. The Bertz CT molecular complexity index is 1000. The van der Waals surface area contributed by atoms with E-state index in [9.17, 15) is 23.7 Å². The Balaban J connectivity index is 2.17. The number of fused-ring (bicyclic) bond motifs is 1. The summed E-state index contributed by atoms with van der Waals surface area (Å²) in [5, 5.41) is 22.7. The molecule has 1 aromatic rings. The van der Waals surface area contributed by atoms with E-state index in [1.165, 1.54) is 7.05 Å². The van der Waals surface area contributed by atoms with Crippen molar-refractivity contribution in [3.8, 4) is 0 Å². The average molecular weight is 353 g/mol. The van der Waals surface area contributed by atoms with Crippen molar-refractivity contribution in [1.29, 1.82) is 0 Å². The third-order valence-electron chi connectivity index (χ3n) is 4.27. The van der Waals surface area contributed by atoms with E-state index in [-0.39, 0.29) is 22.3 Å². The van der Waals surface area contributed by atoms with Gasteiger partial charge in [-0.1, -0.05) is 0 Å². The molecule has 2 aliphatic rings. The maximum Gasteiger partial charge on any atom is 0.398 e. The topological polar surface area (TPSA) is 112 Å². The second kappa shape index (κ2) is 5.93. The first-order chi connectivity index (χ1) is 11.7. The Labute approximate surface area is 139 Å². The molecule has 10 heteroatoms. The Morgan fingerprint density at radius 3 is 2.84 bits per heavy atom. The quantitative estimate of drug-likeness (QED) is 0.368. The van der Waals surface area contributed by atoms with Crippen molar-refractivity contribution in [2.75, 3.05) is 11.9 Å². The van der Waals surface area contributed by atoms with Crippen LogP contribution in [0.5, 0.6) is 0 Å². The molecule has 3 rings (SSSR count). The van der Waals surface area contributed by atoms with Crippen LogP contribution >= 0.6 is 0 Å². The Morgan fingerprint density at radius 2 is 2.28 bits per heavy atom. The van der Waals surface area contributed by atoms with E-state index in [0.29, 0.717) is 12.8 Å². The fourth-order valence-corrected chi connectivity index (χ4v) is 2.74. The maximum atomic E-state index is 14.1. The standard InChI is InChI=1S/C15H14F2N4O4/c1-20-12(23)5-11(10-4-9(21(24)25)6-18-14(10)20)19-13(8-2-3-8)15(16,17)7-22/h4-5,8,13,22H,2-3,7H2,1H3/p+1/t13-/m0/s1. The number of aromatic nitrogens is 1. The normalized spacial score (nSPS) is 17.0. The molecule has 2 heterocycles. The van der Waals surface area contributed by atoms with Gasteiger partial charge in [0.15, 0.2) is 0 Å². The molecule has 0 amide bonds. The van der Waals surface area contributed by atoms with Crippen molar-refractivity contribution < 1.29 is 18.8 Å². The van der Waals surface area contributed by atoms with E-state index in [1.807, 2.05) is 0 Å². The highest BCUT2D eigenvalue weighted by Crippen LogP contribution is 2.40. The zero-order valence-corrected chi connectivity index (χ0v) is 13.2. The maximum absolute atomic E-state index is 14.1. The van der Waals surface area contributed by atoms with Crippen LogP contribution in [-0.4, -0.2) is 39.0 Å². The number of nitrogens with zero attached hydrogens (tertiary/aromatic N) is 3. The molecule has 0 aromatic carbocycles. The first-order valence-corrected chi connectivity index (χ1v) is 7.56. The summed E-state index contributed by atoms with van der Waals surface area (Å²) in [5.74, 6) is -1.53. The van der Waals surface area contributed by atoms with Gasteiger partial charge in [-0.05, 0) is 18.8 Å². The van der Waals surface area contributed by atoms with Gasteiger partial charge in [-0.2, -0.15) is 4.57 Å². The highest BCUT2D eigenvalue weighted by Gasteiger charge is 2.48. The first kappa shape index (κ1) is 17.0. The lowest BCUT2D eigenvalue weighted by Crippen LogP contribution is -2.50. The molecule has 0 unspecified atom stereocenters. The number of nitrogens with one attached hydrogen (secondary N) is 1. The molecular weight excluding hydrogens is 338 g/mol. The molecule has 0 bridgehead atoms. The van der Waals surface area contributed by atoms with E-state index < -0.39 is 34.8 Å². The Morgan fingerprint density at radius 1 is 1.60 bits per heavy atom. The second-order valence-corrected chi connectivity index (χ2v) is 6.08. The molecule has 1 fully saturated rings. The summed E-state index contributed by atoms with van der Waals surface area (Å²) in [4.78, 5) is 22.3. The summed E-state index contributed by atoms with van der Waals surface area (Å²) >= 11 is 0. The van der Waals surface area contributed by atoms with Gasteiger partial charge >= 0.3 is 16.7 Å². The van der Waals surface area contributed by atoms with E-state index >= 15 is 0 Å². The van der Waals surface area contributed by atoms with Gasteiger partial charge in [0, 0.05) is 6.08 Å². The lowest BCUT2D eigenvalue weighted by molar-refractivity contribution is -0.413. The first-order valence-electron chi connectivity index (χ1n) is 7.56. The number of nitro groups is 1. The van der Waals surface area contributed by atoms with Crippen LogP contribution < -0.4 is 26.3 Å². The molecule has 1 saturated carbocycles. The smallest absolute Gasteiger partial charge is 0.390 e. The van der Waals surface area contributed by atoms with E-state index in [4.69, 9.17) is 5.11 Å². The SMILES string of the molecule is Cn1c(=O)cc(N[C@@H](C2CC2)C(F)(F)CO)c2c1=[N+]=C=C([N+](=O)[O-])C=2. The lowest BCUT2D eigenvalue weighted by Gasteiger charge is -2.27. The summed E-state index contributed by atoms with van der Waals surface area (Å²) in [6, 6.07) is -0.285. The second-order valence-electron chi connectivity index (χ2n) is 6.08. The highest BCUT2D eigenvalue weighted by molar-refractivity contribution is 5.70. The molecule has 0 saturated heterocycles. The predicted octanol–water partition coefficient (Wildman–Crippen LogP) is -1.49. The van der Waals surface area contributed by atoms with Crippen molar-refractivity contribution in [3.05, 3.63) is 42.9 Å². The van der Waals surface area contributed by atoms with Crippen LogP contribution in [0.4, 0.5) is 14.5 Å². The molecule has 2 N–H and O–H groups in total. The van der Waals surface area contributed by atoms with Crippen molar-refractivity contribution in [1.82, 2.24) is 9.24 Å². The molecule has 1 aliphatic carbocycles. The molecule has 0 spiro atoms. The minimum absolute atomic E-state index is 0.0210. The number of alkyl halides is 2. The van der Waals surface area contributed by atoms with Crippen LogP contribution in [0.15, 0.2) is 16.6 Å². The van der Waals surface area contributed by atoms with Gasteiger partial charge < -0.3 is 10.4 Å². The predicted molar refractivity (Wildman–Crippen MR) is 84.3 cm³/mol. The zero-order chi connectivity index (χ0) is 18.4. The molecule has 1 atom stereocenters. The van der Waals surface area contributed by atoms with E-state index in [1.54, 1.807) is 0 Å². The van der Waals surface area contributed by atoms with Gasteiger partial charge in [-0.25, -0.2) is 13.6 Å². The number of aliphatic hydroxyl groups excluding tert-OH is 1. The molecule has 1 aromatic heterocycles. The molecule has 132 valence electrons. The third-order valence-corrected chi connectivity index (χ3v) is 4.27. The van der Waals surface area contributed by atoms with Crippen LogP contribution in [0.25, 0.3) is 6.08 Å². The minimum atomic E-state index is -3.39. The summed E-state index contributed by atoms with van der Waals surface area (Å²) in [6.07, 6.45) is 2.27. The zero-order valence-electron chi connectivity index (χ0n) is 13.2. The average Bonchev–Trinajstić information content (AvgIpc) is 3.40. The minimum Gasteiger partial charge on any atom is -0.390 e. The van der Waals surface area contributed by atoms with Crippen LogP contribution in [0.3, 0.4) is 0 Å². The van der Waals surface area contributed by atoms with Crippen molar-refractivity contribution in [3.63, 3.8) is 0 Å². The number of hydrogen-bond donors (Lipinski definition) is 2. The fraction of sp³-hybridized carbons (Fsp3) is 0.467. The largest absolute Gasteiger partial charge is 0.398 e. The lowest BCUT2D eigenvalue weighted by atomic mass is 10.0. The van der Waals surface area contributed by atoms with Gasteiger partial charge in [0.2, 0.25) is 0 Å². The Hall–Kier alpha value is -2.80. The van der Waals surface area contributed by atoms with Crippen molar-refractivity contribution in [2.24, 2.45) is 13.0 Å². The van der Waals surface area contributed by atoms with Gasteiger partial charge in [-0.15, -0.1) is 4.67 Å². The summed E-state index contributed by atoms with van der Waals surface area (Å²) < 4.78 is 33.1. The number of aliphatic hydroxyl groups is 1. The number of anilines is 1. The van der Waals surface area contributed by atoms with Crippen LogP contribution in [-0.2, 0) is 7.05 Å². The Kier molecular flexibility index (Phi) is 4.04. The molecule has 0 radical (unpaired) electrons. The van der Waals surface area contributed by atoms with Crippen molar-refractivity contribution >= 4 is 17.6 Å². The summed E-state index contributed by atoms with van der Waals surface area (Å²) in [7, 11) is 1.42. The molecule has 8 nitrogen and oxygen atoms in total. The number of pyridine rings is 1. The summed E-state index contributed by atoms with van der Waals surface area (Å²) in [6.45, 7) is -1.34. The fourth-order valence-electron chi connectivity index (χ4n) is 2.74. The molecular formula is C15H15F2N4O4+. The van der Waals surface area contributed by atoms with E-state index in [0.717, 1.165) is 16.7 Å². The van der Waals surface area contributed by atoms with Crippen molar-refractivity contribution in [2.45, 2.75) is 24.8 Å². The third kappa shape index (κ3) is 3.10. The molecule has 1 aliphatic heterocycles. The number of rotatable bonds is 6. The van der Waals surface area contributed by atoms with Gasteiger partial charge in [0.05, 0.1) is 29.8 Å². The van der Waals surface area contributed by atoms with Crippen LogP contribution in [0.2, 0.25) is 0 Å². The highest BCUT2D eigenvalue weighted by atomic mass is 19.3. The number of halogens is 2. The number of allylic oxidation sites excluding steroid dienone is 1. The van der Waals surface area contributed by atoms with Gasteiger partial charge in [0.1, 0.15) is 11.8 Å². The monoisotopic (exact) mass is 353 g/mol. The van der Waals surface area contributed by atoms with Gasteiger partial charge in [0.25, 0.3) is 11.8 Å². The van der Waals surface area contributed by atoms with Crippen LogP contribution in [0, 0.1) is 16.0 Å². The summed E-state index contributed by atoms with van der Waals surface area (Å²) in [5.41, 5.74) is -0.840. The van der Waals surface area contributed by atoms with Gasteiger partial charge in [-0.3, -0.25) is 10.1 Å².